The Bertz CT molecular complexity index is 821. The largest absolute Gasteiger partial charge is 0.390 e. The molecule has 1 aliphatic carbocycles. The van der Waals surface area contributed by atoms with E-state index in [0.29, 0.717) is 6.04 Å². The first-order valence-electron chi connectivity index (χ1n) is 11.0. The van der Waals surface area contributed by atoms with Crippen molar-refractivity contribution in [3.8, 4) is 0 Å². The molecule has 4 heteroatoms. The van der Waals surface area contributed by atoms with Crippen LogP contribution >= 0.6 is 0 Å². The molecule has 0 saturated carbocycles. The van der Waals surface area contributed by atoms with Crippen molar-refractivity contribution >= 4 is 10.9 Å². The molecular weight excluding hydrogens is 334 g/mol. The lowest BCUT2D eigenvalue weighted by Crippen LogP contribution is -2.46. The van der Waals surface area contributed by atoms with E-state index in [1.54, 1.807) is 11.3 Å². The van der Waals surface area contributed by atoms with Gasteiger partial charge in [-0.15, -0.1) is 0 Å². The highest BCUT2D eigenvalue weighted by Crippen LogP contribution is 2.42. The Labute approximate surface area is 162 Å². The molecule has 2 aliphatic heterocycles. The average molecular weight is 368 g/mol. The maximum absolute atomic E-state index is 10.8. The van der Waals surface area contributed by atoms with E-state index in [4.69, 9.17) is 0 Å². The Balaban J connectivity index is 1.38. The van der Waals surface area contributed by atoms with Gasteiger partial charge in [0.1, 0.15) is 0 Å². The quantitative estimate of drug-likeness (QED) is 0.898. The van der Waals surface area contributed by atoms with E-state index in [1.807, 2.05) is 0 Å². The summed E-state index contributed by atoms with van der Waals surface area (Å²) in [5.74, 6) is 0. The van der Waals surface area contributed by atoms with Crippen LogP contribution < -0.4 is 0 Å². The van der Waals surface area contributed by atoms with Gasteiger partial charge in [-0.25, -0.2) is 0 Å². The van der Waals surface area contributed by atoms with Crippen LogP contribution in [0.25, 0.3) is 10.9 Å². The van der Waals surface area contributed by atoms with Crippen LogP contribution in [0.15, 0.2) is 18.2 Å². The monoisotopic (exact) mass is 367 g/mol. The SMILES string of the molecule is Cc1ccc2c(c1)c1c3n2CCN(C[C@@H](O)CN2CCCCC2)[C@@H]3CCC1. The number of β-amino-alcohol motifs (C(OH)–C–C–N with tert-alkyl or cyclic N) is 1. The molecule has 0 unspecified atom stereocenters. The number of fused-ring (bicyclic) bond motifs is 3. The number of piperidine rings is 1. The number of hydrogen-bond donors (Lipinski definition) is 1. The molecule has 1 fully saturated rings. The molecule has 5 rings (SSSR count). The van der Waals surface area contributed by atoms with Crippen molar-refractivity contribution in [1.29, 1.82) is 0 Å². The fourth-order valence-corrected chi connectivity index (χ4v) is 5.78. The van der Waals surface area contributed by atoms with Crippen molar-refractivity contribution in [3.05, 3.63) is 35.0 Å². The van der Waals surface area contributed by atoms with Crippen molar-refractivity contribution in [2.24, 2.45) is 0 Å². The minimum Gasteiger partial charge on any atom is -0.390 e. The van der Waals surface area contributed by atoms with Crippen LogP contribution in [0, 0.1) is 6.92 Å². The van der Waals surface area contributed by atoms with Crippen LogP contribution in [0.1, 0.15) is 55.0 Å². The number of hydrogen-bond acceptors (Lipinski definition) is 3. The standard InChI is InChI=1S/C23H33N3O/c1-17-8-9-21-20(14-17)19-6-5-7-22-23(19)26(21)13-12-25(22)16-18(27)15-24-10-3-2-4-11-24/h8-9,14,18,22,27H,2-7,10-13,15-16H2,1H3/t18-,22+/m0/s1. The van der Waals surface area contributed by atoms with Crippen molar-refractivity contribution in [2.45, 2.75) is 64.1 Å². The van der Waals surface area contributed by atoms with E-state index in [0.717, 1.165) is 39.3 Å². The van der Waals surface area contributed by atoms with Crippen LogP contribution in [0.3, 0.4) is 0 Å². The Hall–Kier alpha value is -1.36. The molecule has 0 radical (unpaired) electrons. The Kier molecular flexibility index (Phi) is 4.75. The second-order valence-corrected chi connectivity index (χ2v) is 8.95. The van der Waals surface area contributed by atoms with E-state index in [-0.39, 0.29) is 6.10 Å². The fourth-order valence-electron chi connectivity index (χ4n) is 5.78. The van der Waals surface area contributed by atoms with Gasteiger partial charge in [-0.1, -0.05) is 18.1 Å². The third-order valence-electron chi connectivity index (χ3n) is 7.00. The van der Waals surface area contributed by atoms with Gasteiger partial charge >= 0.3 is 0 Å². The molecule has 2 atom stereocenters. The van der Waals surface area contributed by atoms with Crippen molar-refractivity contribution < 1.29 is 5.11 Å². The number of rotatable bonds is 4. The predicted molar refractivity (Wildman–Crippen MR) is 110 cm³/mol. The lowest BCUT2D eigenvalue weighted by molar-refractivity contribution is 0.0381. The van der Waals surface area contributed by atoms with Crippen molar-refractivity contribution in [3.63, 3.8) is 0 Å². The summed E-state index contributed by atoms with van der Waals surface area (Å²) in [7, 11) is 0. The molecule has 3 heterocycles. The minimum atomic E-state index is -0.230. The summed E-state index contributed by atoms with van der Waals surface area (Å²) >= 11 is 0. The van der Waals surface area contributed by atoms with Gasteiger partial charge in [0, 0.05) is 42.8 Å². The van der Waals surface area contributed by atoms with Crippen LogP contribution in [0.4, 0.5) is 0 Å². The Morgan fingerprint density at radius 3 is 2.74 bits per heavy atom. The first-order valence-corrected chi connectivity index (χ1v) is 11.0. The maximum Gasteiger partial charge on any atom is 0.0794 e. The van der Waals surface area contributed by atoms with Gasteiger partial charge in [-0.2, -0.15) is 0 Å². The highest BCUT2D eigenvalue weighted by molar-refractivity contribution is 5.87. The average Bonchev–Trinajstić information content (AvgIpc) is 2.99. The predicted octanol–water partition coefficient (Wildman–Crippen LogP) is 3.49. The number of aliphatic hydroxyl groups is 1. The number of nitrogens with zero attached hydrogens (tertiary/aromatic N) is 3. The zero-order valence-electron chi connectivity index (χ0n) is 16.7. The molecule has 0 bridgehead atoms. The first-order chi connectivity index (χ1) is 13.2. The van der Waals surface area contributed by atoms with E-state index in [2.05, 4.69) is 39.5 Å². The second kappa shape index (κ2) is 7.23. The highest BCUT2D eigenvalue weighted by atomic mass is 16.3. The van der Waals surface area contributed by atoms with Gasteiger partial charge in [-0.05, 0) is 69.8 Å². The lowest BCUT2D eigenvalue weighted by Gasteiger charge is -2.41. The molecule has 1 N–H and O–H groups in total. The normalized spacial score (nSPS) is 24.9. The third kappa shape index (κ3) is 3.22. The first kappa shape index (κ1) is 17.7. The van der Waals surface area contributed by atoms with Gasteiger partial charge in [0.15, 0.2) is 0 Å². The number of likely N-dealkylation sites (tertiary alicyclic amines) is 1. The summed E-state index contributed by atoms with van der Waals surface area (Å²) < 4.78 is 2.58. The summed E-state index contributed by atoms with van der Waals surface area (Å²) in [5, 5.41) is 12.3. The molecule has 4 nitrogen and oxygen atoms in total. The van der Waals surface area contributed by atoms with Crippen molar-refractivity contribution in [1.82, 2.24) is 14.4 Å². The molecular formula is C23H33N3O. The maximum atomic E-state index is 10.8. The zero-order chi connectivity index (χ0) is 18.4. The number of benzene rings is 1. The molecule has 1 aromatic heterocycles. The molecule has 27 heavy (non-hydrogen) atoms. The molecule has 3 aliphatic rings. The van der Waals surface area contributed by atoms with Gasteiger partial charge in [-0.3, -0.25) is 4.90 Å². The fraction of sp³-hybridized carbons (Fsp3) is 0.652. The number of aromatic nitrogens is 1. The van der Waals surface area contributed by atoms with Crippen molar-refractivity contribution in [2.75, 3.05) is 32.7 Å². The summed E-state index contributed by atoms with van der Waals surface area (Å²) in [6.45, 7) is 8.32. The molecule has 2 aromatic rings. The smallest absolute Gasteiger partial charge is 0.0794 e. The van der Waals surface area contributed by atoms with E-state index in [9.17, 15) is 5.11 Å². The van der Waals surface area contributed by atoms with E-state index >= 15 is 0 Å². The highest BCUT2D eigenvalue weighted by Gasteiger charge is 2.35. The van der Waals surface area contributed by atoms with Crippen LogP contribution in [-0.4, -0.2) is 58.3 Å². The van der Waals surface area contributed by atoms with E-state index < -0.39 is 0 Å². The molecule has 0 spiro atoms. The molecule has 146 valence electrons. The topological polar surface area (TPSA) is 31.6 Å². The summed E-state index contributed by atoms with van der Waals surface area (Å²) in [6.07, 6.45) is 7.43. The van der Waals surface area contributed by atoms with Gasteiger partial charge in [0.2, 0.25) is 0 Å². The van der Waals surface area contributed by atoms with Crippen LogP contribution in [0.2, 0.25) is 0 Å². The minimum absolute atomic E-state index is 0.230. The molecule has 1 aromatic carbocycles. The summed E-state index contributed by atoms with van der Waals surface area (Å²) in [5.41, 5.74) is 5.92. The van der Waals surface area contributed by atoms with Gasteiger partial charge < -0.3 is 14.6 Å². The number of aliphatic hydroxyl groups excluding tert-OH is 1. The summed E-state index contributed by atoms with van der Waals surface area (Å²) in [4.78, 5) is 5.04. The van der Waals surface area contributed by atoms with E-state index in [1.165, 1.54) is 55.0 Å². The Morgan fingerprint density at radius 1 is 1.04 bits per heavy atom. The van der Waals surface area contributed by atoms with Crippen LogP contribution in [0.5, 0.6) is 0 Å². The zero-order valence-corrected chi connectivity index (χ0v) is 16.7. The second-order valence-electron chi connectivity index (χ2n) is 8.95. The molecule has 1 saturated heterocycles. The lowest BCUT2D eigenvalue weighted by atomic mass is 9.89. The third-order valence-corrected chi connectivity index (χ3v) is 7.00. The van der Waals surface area contributed by atoms with Gasteiger partial charge in [0.25, 0.3) is 0 Å². The van der Waals surface area contributed by atoms with Crippen LogP contribution in [-0.2, 0) is 13.0 Å². The number of aryl methyl sites for hydroxylation is 2. The molecule has 0 amide bonds. The van der Waals surface area contributed by atoms with Gasteiger partial charge in [0.05, 0.1) is 12.1 Å². The Morgan fingerprint density at radius 2 is 1.89 bits per heavy atom. The summed E-state index contributed by atoms with van der Waals surface area (Å²) in [6, 6.07) is 7.45.